The van der Waals surface area contributed by atoms with E-state index >= 15 is 0 Å². The predicted molar refractivity (Wildman–Crippen MR) is 77.6 cm³/mol. The van der Waals surface area contributed by atoms with Crippen LogP contribution >= 0.6 is 12.4 Å². The fraction of sp³-hybridized carbons (Fsp3) is 0.923. The maximum Gasteiger partial charge on any atom is 0.239 e. The van der Waals surface area contributed by atoms with Crippen LogP contribution in [0.5, 0.6) is 0 Å². The van der Waals surface area contributed by atoms with Gasteiger partial charge in [-0.25, -0.2) is 0 Å². The Morgan fingerprint density at radius 1 is 1.32 bits per heavy atom. The van der Waals surface area contributed by atoms with Gasteiger partial charge in [-0.2, -0.15) is 0 Å². The van der Waals surface area contributed by atoms with E-state index < -0.39 is 6.04 Å². The van der Waals surface area contributed by atoms with Gasteiger partial charge in [-0.1, -0.05) is 25.7 Å². The molecule has 1 aliphatic carbocycles. The molecule has 6 heteroatoms. The minimum atomic E-state index is -0.590. The van der Waals surface area contributed by atoms with Crippen LogP contribution in [0, 0.1) is 0 Å². The lowest BCUT2D eigenvalue weighted by atomic mass is 10.1. The Kier molecular flexibility index (Phi) is 11.2. The lowest BCUT2D eigenvalue weighted by Crippen LogP contribution is -2.44. The van der Waals surface area contributed by atoms with Gasteiger partial charge in [0.2, 0.25) is 5.91 Å². The number of methoxy groups -OCH3 is 1. The summed E-state index contributed by atoms with van der Waals surface area (Å²) < 4.78 is 10.6. The van der Waals surface area contributed by atoms with Crippen LogP contribution in [-0.2, 0) is 14.3 Å². The number of hydrogen-bond acceptors (Lipinski definition) is 4. The molecule has 0 saturated heterocycles. The highest BCUT2D eigenvalue weighted by Gasteiger charge is 2.14. The summed E-state index contributed by atoms with van der Waals surface area (Å²) in [4.78, 5) is 11.5. The molecule has 0 aromatic heterocycles. The molecule has 3 N–H and O–H groups in total. The van der Waals surface area contributed by atoms with Gasteiger partial charge in [0.05, 0.1) is 19.3 Å². The first kappa shape index (κ1) is 18.6. The smallest absolute Gasteiger partial charge is 0.239 e. The summed E-state index contributed by atoms with van der Waals surface area (Å²) in [6, 6.07) is -0.590. The van der Waals surface area contributed by atoms with Crippen molar-refractivity contribution in [2.45, 2.75) is 50.7 Å². The van der Waals surface area contributed by atoms with Crippen LogP contribution in [0.3, 0.4) is 0 Å². The Balaban J connectivity index is 0.00000324. The SMILES string of the molecule is COCC(N)C(=O)NCCOC1CCCCCC1.Cl. The molecule has 0 radical (unpaired) electrons. The van der Waals surface area contributed by atoms with Crippen LogP contribution in [0.1, 0.15) is 38.5 Å². The molecule has 114 valence electrons. The summed E-state index contributed by atoms with van der Waals surface area (Å²) in [5, 5.41) is 2.75. The Labute approximate surface area is 122 Å². The number of hydrogen-bond donors (Lipinski definition) is 2. The first-order chi connectivity index (χ1) is 8.74. The minimum absolute atomic E-state index is 0. The molecule has 1 aliphatic rings. The highest BCUT2D eigenvalue weighted by atomic mass is 35.5. The van der Waals surface area contributed by atoms with Gasteiger partial charge < -0.3 is 20.5 Å². The van der Waals surface area contributed by atoms with E-state index in [1.807, 2.05) is 0 Å². The summed E-state index contributed by atoms with van der Waals surface area (Å²) in [7, 11) is 1.53. The largest absolute Gasteiger partial charge is 0.383 e. The van der Waals surface area contributed by atoms with Crippen molar-refractivity contribution in [3.05, 3.63) is 0 Å². The molecule has 1 unspecified atom stereocenters. The van der Waals surface area contributed by atoms with Crippen LogP contribution < -0.4 is 11.1 Å². The van der Waals surface area contributed by atoms with E-state index in [1.165, 1.54) is 32.8 Å². The number of ether oxygens (including phenoxy) is 2. The number of nitrogens with two attached hydrogens (primary N) is 1. The van der Waals surface area contributed by atoms with Crippen LogP contribution in [-0.4, -0.2) is 44.9 Å². The van der Waals surface area contributed by atoms with Gasteiger partial charge in [0.25, 0.3) is 0 Å². The monoisotopic (exact) mass is 294 g/mol. The molecule has 0 aromatic rings. The molecule has 1 saturated carbocycles. The summed E-state index contributed by atoms with van der Waals surface area (Å²) >= 11 is 0. The van der Waals surface area contributed by atoms with E-state index in [0.29, 0.717) is 19.3 Å². The summed E-state index contributed by atoms with van der Waals surface area (Å²) in [5.74, 6) is -0.179. The van der Waals surface area contributed by atoms with E-state index in [-0.39, 0.29) is 24.9 Å². The zero-order chi connectivity index (χ0) is 13.2. The van der Waals surface area contributed by atoms with Crippen LogP contribution in [0.15, 0.2) is 0 Å². The standard InChI is InChI=1S/C13H26N2O3.ClH/c1-17-10-12(14)13(16)15-8-9-18-11-6-4-2-3-5-7-11;/h11-12H,2-10,14H2,1H3,(H,15,16);1H. The van der Waals surface area contributed by atoms with Crippen molar-refractivity contribution in [3.63, 3.8) is 0 Å². The van der Waals surface area contributed by atoms with Crippen molar-refractivity contribution in [2.24, 2.45) is 5.73 Å². The molecular formula is C13H27ClN2O3. The van der Waals surface area contributed by atoms with Crippen molar-refractivity contribution >= 4 is 18.3 Å². The number of carbonyl (C=O) groups excluding carboxylic acids is 1. The second-order valence-electron chi connectivity index (χ2n) is 4.84. The lowest BCUT2D eigenvalue weighted by Gasteiger charge is -2.16. The lowest BCUT2D eigenvalue weighted by molar-refractivity contribution is -0.123. The highest BCUT2D eigenvalue weighted by Crippen LogP contribution is 2.19. The molecule has 19 heavy (non-hydrogen) atoms. The average molecular weight is 295 g/mol. The maximum atomic E-state index is 11.5. The van der Waals surface area contributed by atoms with Gasteiger partial charge >= 0.3 is 0 Å². The summed E-state index contributed by atoms with van der Waals surface area (Å²) in [6.45, 7) is 1.33. The fourth-order valence-corrected chi connectivity index (χ4v) is 2.19. The van der Waals surface area contributed by atoms with Gasteiger partial charge in [0, 0.05) is 13.7 Å². The number of halogens is 1. The Morgan fingerprint density at radius 3 is 2.53 bits per heavy atom. The maximum absolute atomic E-state index is 11.5. The number of carbonyl (C=O) groups is 1. The topological polar surface area (TPSA) is 73.6 Å². The Morgan fingerprint density at radius 2 is 1.95 bits per heavy atom. The van der Waals surface area contributed by atoms with Gasteiger partial charge in [0.15, 0.2) is 0 Å². The van der Waals surface area contributed by atoms with Gasteiger partial charge in [0.1, 0.15) is 6.04 Å². The zero-order valence-corrected chi connectivity index (χ0v) is 12.5. The molecule has 0 aromatic carbocycles. The van der Waals surface area contributed by atoms with Crippen molar-refractivity contribution in [1.29, 1.82) is 0 Å². The molecule has 5 nitrogen and oxygen atoms in total. The van der Waals surface area contributed by atoms with Crippen molar-refractivity contribution in [2.75, 3.05) is 26.9 Å². The van der Waals surface area contributed by atoms with E-state index in [1.54, 1.807) is 0 Å². The van der Waals surface area contributed by atoms with E-state index in [9.17, 15) is 4.79 Å². The van der Waals surface area contributed by atoms with Crippen LogP contribution in [0.25, 0.3) is 0 Å². The third-order valence-electron chi connectivity index (χ3n) is 3.24. The molecule has 1 fully saturated rings. The molecule has 1 rings (SSSR count). The molecule has 1 atom stereocenters. The predicted octanol–water partition coefficient (Wildman–Crippen LogP) is 1.24. The third kappa shape index (κ3) is 8.42. The third-order valence-corrected chi connectivity index (χ3v) is 3.24. The second kappa shape index (κ2) is 11.5. The number of amides is 1. The zero-order valence-electron chi connectivity index (χ0n) is 11.7. The number of rotatable bonds is 7. The normalized spacial score (nSPS) is 18.2. The molecule has 0 aliphatic heterocycles. The summed E-state index contributed by atoms with van der Waals surface area (Å²) in [5.41, 5.74) is 5.60. The highest BCUT2D eigenvalue weighted by molar-refractivity contribution is 5.85. The quantitative estimate of drug-likeness (QED) is 0.547. The van der Waals surface area contributed by atoms with E-state index in [4.69, 9.17) is 15.2 Å². The van der Waals surface area contributed by atoms with Gasteiger partial charge in [-0.15, -0.1) is 12.4 Å². The minimum Gasteiger partial charge on any atom is -0.383 e. The van der Waals surface area contributed by atoms with E-state index in [2.05, 4.69) is 5.32 Å². The molecule has 0 bridgehead atoms. The molecular weight excluding hydrogens is 268 g/mol. The van der Waals surface area contributed by atoms with Gasteiger partial charge in [-0.05, 0) is 12.8 Å². The van der Waals surface area contributed by atoms with Crippen LogP contribution in [0.4, 0.5) is 0 Å². The molecule has 0 spiro atoms. The Hall–Kier alpha value is -0.360. The molecule has 0 heterocycles. The second-order valence-corrected chi connectivity index (χ2v) is 4.84. The van der Waals surface area contributed by atoms with Crippen LogP contribution in [0.2, 0.25) is 0 Å². The van der Waals surface area contributed by atoms with Crippen molar-refractivity contribution < 1.29 is 14.3 Å². The van der Waals surface area contributed by atoms with Crippen molar-refractivity contribution in [1.82, 2.24) is 5.32 Å². The van der Waals surface area contributed by atoms with Gasteiger partial charge in [-0.3, -0.25) is 4.79 Å². The number of nitrogens with one attached hydrogen (secondary N) is 1. The average Bonchev–Trinajstić information content (AvgIpc) is 2.63. The fourth-order valence-electron chi connectivity index (χ4n) is 2.19. The van der Waals surface area contributed by atoms with E-state index in [0.717, 1.165) is 12.8 Å². The Bertz CT molecular complexity index is 234. The first-order valence-electron chi connectivity index (χ1n) is 6.88. The van der Waals surface area contributed by atoms with Crippen molar-refractivity contribution in [3.8, 4) is 0 Å². The first-order valence-corrected chi connectivity index (χ1v) is 6.88. The molecule has 1 amide bonds. The summed E-state index contributed by atoms with van der Waals surface area (Å²) in [6.07, 6.45) is 7.84.